The van der Waals surface area contributed by atoms with E-state index in [1.807, 2.05) is 0 Å². The quantitative estimate of drug-likeness (QED) is 0.428. The molecule has 0 aliphatic carbocycles. The number of carbonyl (C=O) groups is 4. The van der Waals surface area contributed by atoms with Crippen LogP contribution in [0.25, 0.3) is 0 Å². The van der Waals surface area contributed by atoms with Gasteiger partial charge in [0.2, 0.25) is 6.10 Å². The Balaban J connectivity index is 1.32. The number of fused-ring (bicyclic) bond motifs is 1. The molecule has 0 unspecified atom stereocenters. The van der Waals surface area contributed by atoms with Crippen molar-refractivity contribution in [3.63, 3.8) is 0 Å². The largest absolute Gasteiger partial charge is 0.478 e. The molecule has 3 aliphatic rings. The third-order valence-electron chi connectivity index (χ3n) is 7.81. The van der Waals surface area contributed by atoms with E-state index in [9.17, 15) is 28.7 Å². The molecule has 3 aromatic rings. The molecule has 1 fully saturated rings. The predicted octanol–water partition coefficient (Wildman–Crippen LogP) is 3.80. The van der Waals surface area contributed by atoms with Gasteiger partial charge in [-0.3, -0.25) is 14.4 Å². The summed E-state index contributed by atoms with van der Waals surface area (Å²) < 4.78 is 20.0. The van der Waals surface area contributed by atoms with Gasteiger partial charge >= 0.3 is 5.97 Å². The summed E-state index contributed by atoms with van der Waals surface area (Å²) in [6, 6.07) is 14.2. The third kappa shape index (κ3) is 5.49. The molecule has 3 aromatic carbocycles. The molecule has 3 amide bonds. The standard InChI is InChI=1S/C31H26ClFN4O7/c32-22-5-1-4-21(27(22)33)23-15-25(44-35-23)30(40)37-12-11-19-20(3-2-6-24(19)36-13-14-43-16-26(36)38)28(37)29(39)34-18-9-7-17(8-10-18)31(41)42/h1-10,25,28H,11-16H2,(H,34,39)(H,41,42)/t25-,28-/m1/s1. The Kier molecular flexibility index (Phi) is 8.02. The first-order chi connectivity index (χ1) is 21.2. The van der Waals surface area contributed by atoms with Gasteiger partial charge in [0.05, 0.1) is 22.9 Å². The number of anilines is 2. The van der Waals surface area contributed by atoms with Gasteiger partial charge in [-0.2, -0.15) is 0 Å². The van der Waals surface area contributed by atoms with Gasteiger partial charge in [0.15, 0.2) is 5.82 Å². The monoisotopic (exact) mass is 620 g/mol. The Labute approximate surface area is 255 Å². The number of carboxylic acids is 1. The van der Waals surface area contributed by atoms with E-state index >= 15 is 0 Å². The minimum absolute atomic E-state index is 0.0350. The second kappa shape index (κ2) is 12.1. The van der Waals surface area contributed by atoms with E-state index in [4.69, 9.17) is 21.2 Å². The van der Waals surface area contributed by atoms with Crippen LogP contribution in [-0.2, 0) is 30.4 Å². The Morgan fingerprint density at radius 2 is 1.82 bits per heavy atom. The predicted molar refractivity (Wildman–Crippen MR) is 157 cm³/mol. The van der Waals surface area contributed by atoms with Crippen molar-refractivity contribution < 1.29 is 38.2 Å². The summed E-state index contributed by atoms with van der Waals surface area (Å²) in [6.45, 7) is 0.781. The van der Waals surface area contributed by atoms with Crippen LogP contribution in [0.3, 0.4) is 0 Å². The molecule has 0 aromatic heterocycles. The maximum absolute atomic E-state index is 14.7. The van der Waals surface area contributed by atoms with Crippen LogP contribution in [0.5, 0.6) is 0 Å². The van der Waals surface area contributed by atoms with Gasteiger partial charge in [-0.1, -0.05) is 35.0 Å². The number of benzene rings is 3. The number of nitrogens with one attached hydrogen (secondary N) is 1. The van der Waals surface area contributed by atoms with E-state index in [1.54, 1.807) is 29.2 Å². The van der Waals surface area contributed by atoms with Crippen molar-refractivity contribution in [3.8, 4) is 0 Å². The zero-order valence-corrected chi connectivity index (χ0v) is 23.9. The van der Waals surface area contributed by atoms with Crippen molar-refractivity contribution in [2.75, 3.05) is 36.5 Å². The lowest BCUT2D eigenvalue weighted by molar-refractivity contribution is -0.148. The first-order valence-electron chi connectivity index (χ1n) is 13.8. The van der Waals surface area contributed by atoms with Crippen molar-refractivity contribution in [3.05, 3.63) is 93.8 Å². The number of hydrogen-bond donors (Lipinski definition) is 2. The Morgan fingerprint density at radius 3 is 2.57 bits per heavy atom. The van der Waals surface area contributed by atoms with E-state index in [0.717, 1.165) is 5.56 Å². The highest BCUT2D eigenvalue weighted by Gasteiger charge is 2.42. The molecule has 0 spiro atoms. The maximum atomic E-state index is 14.7. The number of carboxylic acid groups (broad SMARTS) is 1. The van der Waals surface area contributed by atoms with E-state index < -0.39 is 35.7 Å². The third-order valence-corrected chi connectivity index (χ3v) is 8.10. The van der Waals surface area contributed by atoms with E-state index in [2.05, 4.69) is 10.5 Å². The van der Waals surface area contributed by atoms with Crippen LogP contribution in [0.4, 0.5) is 15.8 Å². The van der Waals surface area contributed by atoms with Gasteiger partial charge in [0.25, 0.3) is 17.7 Å². The van der Waals surface area contributed by atoms with E-state index in [0.29, 0.717) is 36.5 Å². The fourth-order valence-electron chi connectivity index (χ4n) is 5.68. The molecule has 2 N–H and O–H groups in total. The van der Waals surface area contributed by atoms with Crippen molar-refractivity contribution in [2.24, 2.45) is 5.16 Å². The topological polar surface area (TPSA) is 138 Å². The molecule has 0 saturated carbocycles. The van der Waals surface area contributed by atoms with Gasteiger partial charge < -0.3 is 29.8 Å². The zero-order chi connectivity index (χ0) is 31.0. The number of carbonyl (C=O) groups excluding carboxylic acids is 3. The minimum atomic E-state index is -1.13. The number of oxime groups is 1. The lowest BCUT2D eigenvalue weighted by atomic mass is 9.89. The fourth-order valence-corrected chi connectivity index (χ4v) is 5.86. The van der Waals surface area contributed by atoms with E-state index in [-0.39, 0.29) is 47.3 Å². The number of ether oxygens (including phenoxy) is 1. The summed E-state index contributed by atoms with van der Waals surface area (Å²) in [5.74, 6) is -3.06. The average Bonchev–Trinajstić information content (AvgIpc) is 3.52. The molecule has 1 saturated heterocycles. The Bertz CT molecular complexity index is 1700. The summed E-state index contributed by atoms with van der Waals surface area (Å²) in [4.78, 5) is 60.4. The Morgan fingerprint density at radius 1 is 1.05 bits per heavy atom. The molecule has 3 heterocycles. The van der Waals surface area contributed by atoms with Crippen LogP contribution in [-0.4, -0.2) is 71.8 Å². The van der Waals surface area contributed by atoms with Crippen LogP contribution >= 0.6 is 11.6 Å². The van der Waals surface area contributed by atoms with Crippen LogP contribution in [0.15, 0.2) is 65.8 Å². The Hall–Kier alpha value is -4.81. The van der Waals surface area contributed by atoms with Crippen molar-refractivity contribution in [2.45, 2.75) is 25.0 Å². The second-order valence-corrected chi connectivity index (χ2v) is 10.8. The first-order valence-corrected chi connectivity index (χ1v) is 14.2. The molecule has 2 atom stereocenters. The summed E-state index contributed by atoms with van der Waals surface area (Å²) >= 11 is 5.93. The number of halogens is 2. The van der Waals surface area contributed by atoms with Gasteiger partial charge in [-0.15, -0.1) is 0 Å². The summed E-state index contributed by atoms with van der Waals surface area (Å²) in [7, 11) is 0. The van der Waals surface area contributed by atoms with Gasteiger partial charge in [0, 0.05) is 36.4 Å². The van der Waals surface area contributed by atoms with E-state index in [1.165, 1.54) is 41.3 Å². The summed E-state index contributed by atoms with van der Waals surface area (Å²) in [5.41, 5.74) is 2.64. The highest BCUT2D eigenvalue weighted by atomic mass is 35.5. The fraction of sp³-hybridized carbons (Fsp3) is 0.258. The number of aromatic carboxylic acids is 1. The number of hydrogen-bond acceptors (Lipinski definition) is 7. The maximum Gasteiger partial charge on any atom is 0.335 e. The molecule has 44 heavy (non-hydrogen) atoms. The van der Waals surface area contributed by atoms with Crippen molar-refractivity contribution in [1.82, 2.24) is 4.90 Å². The van der Waals surface area contributed by atoms with Gasteiger partial charge in [0.1, 0.15) is 12.6 Å². The molecule has 11 nitrogen and oxygen atoms in total. The SMILES string of the molecule is O=C(O)c1ccc(NC(=O)[C@H]2c3cccc(N4CCOCC4=O)c3CCN2C(=O)[C@H]2CC(c3cccc(Cl)c3F)=NO2)cc1. The summed E-state index contributed by atoms with van der Waals surface area (Å²) in [6.07, 6.45) is -0.797. The highest BCUT2D eigenvalue weighted by Crippen LogP contribution is 2.38. The minimum Gasteiger partial charge on any atom is -0.478 e. The first kappa shape index (κ1) is 29.3. The van der Waals surface area contributed by atoms with Crippen LogP contribution < -0.4 is 10.2 Å². The van der Waals surface area contributed by atoms with Crippen molar-refractivity contribution in [1.29, 1.82) is 0 Å². The normalized spacial score (nSPS) is 19.6. The molecule has 6 rings (SSSR count). The molecule has 13 heteroatoms. The molecule has 0 bridgehead atoms. The van der Waals surface area contributed by atoms with Crippen LogP contribution in [0, 0.1) is 5.82 Å². The van der Waals surface area contributed by atoms with Gasteiger partial charge in [-0.25, -0.2) is 9.18 Å². The average molecular weight is 621 g/mol. The molecule has 3 aliphatic heterocycles. The number of rotatable bonds is 6. The van der Waals surface area contributed by atoms with Crippen molar-refractivity contribution >= 4 is 52.4 Å². The van der Waals surface area contributed by atoms with Gasteiger partial charge in [-0.05, 0) is 60.0 Å². The molecular formula is C31H26ClFN4O7. The number of morpholine rings is 1. The molecular weight excluding hydrogens is 595 g/mol. The number of nitrogens with zero attached hydrogens (tertiary/aromatic N) is 3. The lowest BCUT2D eigenvalue weighted by Gasteiger charge is -2.39. The smallest absolute Gasteiger partial charge is 0.335 e. The summed E-state index contributed by atoms with van der Waals surface area (Å²) in [5, 5.41) is 15.9. The lowest BCUT2D eigenvalue weighted by Crippen LogP contribution is -2.50. The molecule has 0 radical (unpaired) electrons. The van der Waals surface area contributed by atoms with Crippen LogP contribution in [0.1, 0.15) is 39.5 Å². The zero-order valence-electron chi connectivity index (χ0n) is 23.2. The second-order valence-electron chi connectivity index (χ2n) is 10.4. The number of amides is 3. The highest BCUT2D eigenvalue weighted by molar-refractivity contribution is 6.31. The molecule has 226 valence electrons. The van der Waals surface area contributed by atoms with Crippen LogP contribution in [0.2, 0.25) is 5.02 Å².